The van der Waals surface area contributed by atoms with Crippen molar-refractivity contribution in [1.82, 2.24) is 15.5 Å². The lowest BCUT2D eigenvalue weighted by Crippen LogP contribution is -2.48. The van der Waals surface area contributed by atoms with E-state index in [4.69, 9.17) is 16.3 Å². The molecule has 0 radical (unpaired) electrons. The number of hydrogen-bond donors (Lipinski definition) is 2. The van der Waals surface area contributed by atoms with E-state index in [1.807, 2.05) is 42.5 Å². The van der Waals surface area contributed by atoms with Crippen LogP contribution in [0.2, 0.25) is 5.02 Å². The molecule has 0 spiro atoms. The predicted molar refractivity (Wildman–Crippen MR) is 141 cm³/mol. The van der Waals surface area contributed by atoms with Gasteiger partial charge >= 0.3 is 0 Å². The summed E-state index contributed by atoms with van der Waals surface area (Å²) >= 11 is 6.55. The van der Waals surface area contributed by atoms with Gasteiger partial charge in [-0.15, -0.1) is 24.0 Å². The highest BCUT2D eigenvalue weighted by Gasteiger charge is 2.36. The molecule has 6 nitrogen and oxygen atoms in total. The zero-order chi connectivity index (χ0) is 22.3. The maximum atomic E-state index is 12.0. The molecule has 1 aliphatic rings. The van der Waals surface area contributed by atoms with Crippen molar-refractivity contribution >= 4 is 47.4 Å². The molecule has 1 heterocycles. The van der Waals surface area contributed by atoms with Gasteiger partial charge in [-0.05, 0) is 42.2 Å². The van der Waals surface area contributed by atoms with Crippen molar-refractivity contribution < 1.29 is 9.53 Å². The quantitative estimate of drug-likeness (QED) is 0.312. The first kappa shape index (κ1) is 26.4. The van der Waals surface area contributed by atoms with Gasteiger partial charge in [0, 0.05) is 63.4 Å². The van der Waals surface area contributed by atoms with Crippen LogP contribution in [-0.4, -0.2) is 57.7 Å². The molecule has 1 aliphatic heterocycles. The van der Waals surface area contributed by atoms with E-state index in [0.29, 0.717) is 12.1 Å². The van der Waals surface area contributed by atoms with Crippen LogP contribution in [0.25, 0.3) is 0 Å². The average molecular weight is 571 g/mol. The Morgan fingerprint density at radius 1 is 1.09 bits per heavy atom. The number of nitrogens with zero attached hydrogens (tertiary/aromatic N) is 2. The summed E-state index contributed by atoms with van der Waals surface area (Å²) < 4.78 is 5.62. The molecule has 8 heteroatoms. The molecule has 174 valence electrons. The van der Waals surface area contributed by atoms with Gasteiger partial charge in [-0.1, -0.05) is 41.9 Å². The number of nitrogens with one attached hydrogen (secondary N) is 2. The highest BCUT2D eigenvalue weighted by Crippen LogP contribution is 2.38. The highest BCUT2D eigenvalue weighted by atomic mass is 127. The first-order valence-electron chi connectivity index (χ1n) is 10.5. The number of aliphatic imine (C=N–C) groups is 1. The van der Waals surface area contributed by atoms with Gasteiger partial charge in [0.15, 0.2) is 5.96 Å². The van der Waals surface area contributed by atoms with E-state index in [1.54, 1.807) is 26.0 Å². The van der Waals surface area contributed by atoms with Gasteiger partial charge in [-0.2, -0.15) is 0 Å². The monoisotopic (exact) mass is 570 g/mol. The van der Waals surface area contributed by atoms with E-state index in [1.165, 1.54) is 0 Å². The highest BCUT2D eigenvalue weighted by molar-refractivity contribution is 14.0. The number of rotatable bonds is 6. The fourth-order valence-corrected chi connectivity index (χ4v) is 4.21. The zero-order valence-electron chi connectivity index (χ0n) is 18.9. The normalized spacial score (nSPS) is 15.4. The Morgan fingerprint density at radius 2 is 1.75 bits per heavy atom. The standard InChI is InChI=1S/C24H31ClN4O2.HI/c1-26-23(27-16-18-8-10-19(11-9-18)22(30)29(2)3)28-17-24(12-14-31-15-13-24)20-6-4-5-7-21(20)25;/h4-11H,12-17H2,1-3H3,(H2,26,27,28);1H. The number of hydrogen-bond acceptors (Lipinski definition) is 3. The summed E-state index contributed by atoms with van der Waals surface area (Å²) in [7, 11) is 5.27. The van der Waals surface area contributed by atoms with E-state index in [0.717, 1.165) is 54.7 Å². The summed E-state index contributed by atoms with van der Waals surface area (Å²) in [6.45, 7) is 2.77. The van der Waals surface area contributed by atoms with Crippen LogP contribution < -0.4 is 10.6 Å². The Labute approximate surface area is 212 Å². The van der Waals surface area contributed by atoms with Crippen LogP contribution in [0.5, 0.6) is 0 Å². The van der Waals surface area contributed by atoms with E-state index < -0.39 is 0 Å². The molecule has 0 aliphatic carbocycles. The van der Waals surface area contributed by atoms with Gasteiger partial charge in [-0.3, -0.25) is 9.79 Å². The maximum absolute atomic E-state index is 12.0. The maximum Gasteiger partial charge on any atom is 0.253 e. The smallest absolute Gasteiger partial charge is 0.253 e. The van der Waals surface area contributed by atoms with Crippen LogP contribution in [0.3, 0.4) is 0 Å². The molecular weight excluding hydrogens is 539 g/mol. The molecule has 2 N–H and O–H groups in total. The minimum Gasteiger partial charge on any atom is -0.381 e. The van der Waals surface area contributed by atoms with Crippen LogP contribution in [0.4, 0.5) is 0 Å². The van der Waals surface area contributed by atoms with Crippen LogP contribution in [0.1, 0.15) is 34.3 Å². The molecule has 3 rings (SSSR count). The van der Waals surface area contributed by atoms with E-state index in [2.05, 4.69) is 21.7 Å². The third-order valence-corrected chi connectivity index (χ3v) is 6.11. The number of carbonyl (C=O) groups excluding carboxylic acids is 1. The number of carbonyl (C=O) groups is 1. The largest absolute Gasteiger partial charge is 0.381 e. The molecule has 32 heavy (non-hydrogen) atoms. The SMILES string of the molecule is CN=C(NCc1ccc(C(=O)N(C)C)cc1)NCC1(c2ccccc2Cl)CCOCC1.I. The lowest BCUT2D eigenvalue weighted by atomic mass is 9.74. The lowest BCUT2D eigenvalue weighted by Gasteiger charge is -2.38. The number of amides is 1. The molecule has 1 saturated heterocycles. The van der Waals surface area contributed by atoms with Crippen LogP contribution in [-0.2, 0) is 16.7 Å². The molecule has 0 bridgehead atoms. The van der Waals surface area contributed by atoms with Gasteiger partial charge in [0.25, 0.3) is 5.91 Å². The predicted octanol–water partition coefficient (Wildman–Crippen LogP) is 4.07. The average Bonchev–Trinajstić information content (AvgIpc) is 2.80. The Morgan fingerprint density at radius 3 is 2.34 bits per heavy atom. The summed E-state index contributed by atoms with van der Waals surface area (Å²) in [4.78, 5) is 18.0. The van der Waals surface area contributed by atoms with Crippen molar-refractivity contribution in [1.29, 1.82) is 0 Å². The summed E-state index contributed by atoms with van der Waals surface area (Å²) in [5, 5.41) is 7.64. The van der Waals surface area contributed by atoms with Crippen LogP contribution >= 0.6 is 35.6 Å². The Bertz CT molecular complexity index is 912. The van der Waals surface area contributed by atoms with E-state index >= 15 is 0 Å². The summed E-state index contributed by atoms with van der Waals surface area (Å²) in [5.41, 5.74) is 2.81. The van der Waals surface area contributed by atoms with Crippen molar-refractivity contribution in [2.45, 2.75) is 24.8 Å². The summed E-state index contributed by atoms with van der Waals surface area (Å²) in [6, 6.07) is 15.7. The topological polar surface area (TPSA) is 66.0 Å². The molecule has 0 atom stereocenters. The molecule has 0 saturated carbocycles. The second-order valence-corrected chi connectivity index (χ2v) is 8.46. The van der Waals surface area contributed by atoms with Crippen molar-refractivity contribution in [3.63, 3.8) is 0 Å². The zero-order valence-corrected chi connectivity index (χ0v) is 21.9. The number of ether oxygens (including phenoxy) is 1. The first-order valence-corrected chi connectivity index (χ1v) is 10.9. The Balaban J connectivity index is 0.00000363. The minimum atomic E-state index is -0.0948. The van der Waals surface area contributed by atoms with Crippen molar-refractivity contribution in [3.8, 4) is 0 Å². The molecule has 0 unspecified atom stereocenters. The summed E-state index contributed by atoms with van der Waals surface area (Å²) in [6.07, 6.45) is 1.81. The second kappa shape index (κ2) is 12.4. The molecule has 1 amide bonds. The molecule has 2 aromatic rings. The van der Waals surface area contributed by atoms with Crippen molar-refractivity contribution in [3.05, 3.63) is 70.2 Å². The molecule has 2 aromatic carbocycles. The molecular formula is C24H32ClIN4O2. The molecule has 1 fully saturated rings. The number of halogens is 2. The Hall–Kier alpha value is -1.84. The van der Waals surface area contributed by atoms with Gasteiger partial charge < -0.3 is 20.3 Å². The van der Waals surface area contributed by atoms with Gasteiger partial charge in [0.05, 0.1) is 0 Å². The third kappa shape index (κ3) is 6.59. The molecule has 0 aromatic heterocycles. The number of guanidine groups is 1. The fraction of sp³-hybridized carbons (Fsp3) is 0.417. The van der Waals surface area contributed by atoms with Crippen LogP contribution in [0.15, 0.2) is 53.5 Å². The van der Waals surface area contributed by atoms with Crippen molar-refractivity contribution in [2.75, 3.05) is 40.9 Å². The second-order valence-electron chi connectivity index (χ2n) is 8.05. The number of benzene rings is 2. The van der Waals surface area contributed by atoms with Gasteiger partial charge in [0.2, 0.25) is 0 Å². The Kier molecular flexibility index (Phi) is 10.2. The fourth-order valence-electron chi connectivity index (χ4n) is 3.88. The minimum absolute atomic E-state index is 0. The van der Waals surface area contributed by atoms with Crippen LogP contribution in [0, 0.1) is 0 Å². The first-order chi connectivity index (χ1) is 14.9. The van der Waals surface area contributed by atoms with Gasteiger partial charge in [-0.25, -0.2) is 0 Å². The van der Waals surface area contributed by atoms with E-state index in [-0.39, 0.29) is 35.3 Å². The summed E-state index contributed by atoms with van der Waals surface area (Å²) in [5.74, 6) is 0.727. The van der Waals surface area contributed by atoms with Crippen molar-refractivity contribution in [2.24, 2.45) is 4.99 Å². The van der Waals surface area contributed by atoms with E-state index in [9.17, 15) is 4.79 Å². The third-order valence-electron chi connectivity index (χ3n) is 5.78. The van der Waals surface area contributed by atoms with Gasteiger partial charge in [0.1, 0.15) is 0 Å². The lowest BCUT2D eigenvalue weighted by molar-refractivity contribution is 0.0514.